The molecule has 3 heteroatoms. The molecule has 0 aromatic rings. The van der Waals surface area contributed by atoms with Crippen molar-refractivity contribution in [2.45, 2.75) is 41.0 Å². The number of likely N-dealkylation sites (N-methyl/N-ethyl adjacent to an activating group) is 1. The minimum absolute atomic E-state index is 0.161. The van der Waals surface area contributed by atoms with Crippen molar-refractivity contribution in [2.75, 3.05) is 19.6 Å². The van der Waals surface area contributed by atoms with Gasteiger partial charge in [-0.25, -0.2) is 0 Å². The lowest BCUT2D eigenvalue weighted by Gasteiger charge is -2.25. The zero-order valence-electron chi connectivity index (χ0n) is 10.8. The summed E-state index contributed by atoms with van der Waals surface area (Å²) in [5, 5.41) is 6.14. The normalized spacial score (nSPS) is 11.9. The van der Waals surface area contributed by atoms with Crippen LogP contribution in [0.2, 0.25) is 0 Å². The highest BCUT2D eigenvalue weighted by Crippen LogP contribution is 2.25. The van der Waals surface area contributed by atoms with Crippen molar-refractivity contribution in [3.05, 3.63) is 0 Å². The zero-order chi connectivity index (χ0) is 11.9. The van der Waals surface area contributed by atoms with E-state index in [1.807, 2.05) is 13.8 Å². The molecular weight excluding hydrogens is 188 g/mol. The van der Waals surface area contributed by atoms with Gasteiger partial charge in [0, 0.05) is 18.5 Å². The molecule has 0 aromatic heterocycles. The van der Waals surface area contributed by atoms with Crippen LogP contribution in [0.1, 0.15) is 41.0 Å². The van der Waals surface area contributed by atoms with Gasteiger partial charge in [-0.05, 0) is 18.9 Å². The molecule has 0 saturated carbocycles. The lowest BCUT2D eigenvalue weighted by molar-refractivity contribution is -0.130. The van der Waals surface area contributed by atoms with Crippen LogP contribution in [0.25, 0.3) is 0 Å². The second-order valence-corrected chi connectivity index (χ2v) is 5.09. The average molecular weight is 214 g/mol. The van der Waals surface area contributed by atoms with Crippen molar-refractivity contribution < 1.29 is 4.79 Å². The number of amides is 1. The Morgan fingerprint density at radius 2 is 1.87 bits per heavy atom. The fourth-order valence-electron chi connectivity index (χ4n) is 1.79. The van der Waals surface area contributed by atoms with Gasteiger partial charge in [-0.2, -0.15) is 0 Å². The van der Waals surface area contributed by atoms with Crippen molar-refractivity contribution in [1.82, 2.24) is 10.6 Å². The average Bonchev–Trinajstić information content (AvgIpc) is 2.10. The molecule has 0 saturated heterocycles. The second kappa shape index (κ2) is 6.83. The Labute approximate surface area is 94.0 Å². The summed E-state index contributed by atoms with van der Waals surface area (Å²) < 4.78 is 0. The molecule has 0 aromatic carbocycles. The molecule has 1 amide bonds. The van der Waals surface area contributed by atoms with E-state index in [2.05, 4.69) is 31.4 Å². The Bertz CT molecular complexity index is 188. The van der Waals surface area contributed by atoms with Crippen LogP contribution in [0.3, 0.4) is 0 Å². The van der Waals surface area contributed by atoms with Crippen molar-refractivity contribution in [3.8, 4) is 0 Å². The summed E-state index contributed by atoms with van der Waals surface area (Å²) in [7, 11) is 0. The lowest BCUT2D eigenvalue weighted by Crippen LogP contribution is -2.40. The van der Waals surface area contributed by atoms with Gasteiger partial charge in [-0.3, -0.25) is 4.79 Å². The minimum atomic E-state index is -0.250. The van der Waals surface area contributed by atoms with E-state index in [9.17, 15) is 4.79 Å². The van der Waals surface area contributed by atoms with Crippen LogP contribution < -0.4 is 10.6 Å². The van der Waals surface area contributed by atoms with E-state index < -0.39 is 0 Å². The molecule has 0 atom stereocenters. The number of rotatable bonds is 7. The molecule has 0 radical (unpaired) electrons. The van der Waals surface area contributed by atoms with E-state index in [1.54, 1.807) is 0 Å². The standard InChI is InChI=1S/C12H26N2O/c1-6-13-7-8-14-11(15)12(4,5)9-10(2)3/h10,13H,6-9H2,1-5H3,(H,14,15). The zero-order valence-corrected chi connectivity index (χ0v) is 10.8. The van der Waals surface area contributed by atoms with E-state index in [1.165, 1.54) is 0 Å². The minimum Gasteiger partial charge on any atom is -0.354 e. The fraction of sp³-hybridized carbons (Fsp3) is 0.917. The predicted molar refractivity (Wildman–Crippen MR) is 64.8 cm³/mol. The van der Waals surface area contributed by atoms with Crippen LogP contribution in [0.5, 0.6) is 0 Å². The SMILES string of the molecule is CCNCCNC(=O)C(C)(C)CC(C)C. The Kier molecular flexibility index (Phi) is 6.57. The molecule has 0 fully saturated rings. The van der Waals surface area contributed by atoms with Crippen molar-refractivity contribution >= 4 is 5.91 Å². The molecule has 0 bridgehead atoms. The maximum Gasteiger partial charge on any atom is 0.225 e. The molecule has 0 rings (SSSR count). The summed E-state index contributed by atoms with van der Waals surface area (Å²) in [5.74, 6) is 0.716. The first kappa shape index (κ1) is 14.4. The topological polar surface area (TPSA) is 41.1 Å². The molecule has 90 valence electrons. The summed E-state index contributed by atoms with van der Waals surface area (Å²) in [5.41, 5.74) is -0.250. The molecule has 2 N–H and O–H groups in total. The molecular formula is C12H26N2O. The van der Waals surface area contributed by atoms with E-state index in [0.717, 1.165) is 19.5 Å². The highest BCUT2D eigenvalue weighted by atomic mass is 16.2. The van der Waals surface area contributed by atoms with Gasteiger partial charge in [0.25, 0.3) is 0 Å². The number of hydrogen-bond donors (Lipinski definition) is 2. The molecule has 0 aliphatic heterocycles. The summed E-state index contributed by atoms with van der Waals surface area (Å²) in [6.45, 7) is 12.9. The van der Waals surface area contributed by atoms with Gasteiger partial charge in [0.15, 0.2) is 0 Å². The molecule has 0 spiro atoms. The molecule has 0 aliphatic rings. The third-order valence-corrected chi connectivity index (χ3v) is 2.37. The first-order chi connectivity index (χ1) is 6.90. The van der Waals surface area contributed by atoms with Crippen LogP contribution in [-0.4, -0.2) is 25.5 Å². The van der Waals surface area contributed by atoms with Crippen LogP contribution >= 0.6 is 0 Å². The summed E-state index contributed by atoms with van der Waals surface area (Å²) in [6.07, 6.45) is 0.931. The summed E-state index contributed by atoms with van der Waals surface area (Å²) in [4.78, 5) is 11.8. The smallest absolute Gasteiger partial charge is 0.225 e. The maximum atomic E-state index is 11.8. The maximum absolute atomic E-state index is 11.8. The van der Waals surface area contributed by atoms with Crippen molar-refractivity contribution in [1.29, 1.82) is 0 Å². The molecule has 0 heterocycles. The fourth-order valence-corrected chi connectivity index (χ4v) is 1.79. The van der Waals surface area contributed by atoms with Gasteiger partial charge >= 0.3 is 0 Å². The third kappa shape index (κ3) is 6.50. The molecule has 0 aliphatic carbocycles. The Morgan fingerprint density at radius 1 is 1.27 bits per heavy atom. The first-order valence-electron chi connectivity index (χ1n) is 5.89. The number of carbonyl (C=O) groups excluding carboxylic acids is 1. The summed E-state index contributed by atoms with van der Waals surface area (Å²) in [6, 6.07) is 0. The second-order valence-electron chi connectivity index (χ2n) is 5.09. The van der Waals surface area contributed by atoms with Gasteiger partial charge < -0.3 is 10.6 Å². The van der Waals surface area contributed by atoms with E-state index in [4.69, 9.17) is 0 Å². The highest BCUT2D eigenvalue weighted by Gasteiger charge is 2.27. The molecule has 0 unspecified atom stereocenters. The third-order valence-electron chi connectivity index (χ3n) is 2.37. The Morgan fingerprint density at radius 3 is 2.33 bits per heavy atom. The van der Waals surface area contributed by atoms with Crippen LogP contribution in [0.15, 0.2) is 0 Å². The van der Waals surface area contributed by atoms with Crippen molar-refractivity contribution in [2.24, 2.45) is 11.3 Å². The quantitative estimate of drug-likeness (QED) is 0.634. The lowest BCUT2D eigenvalue weighted by atomic mass is 9.83. The van der Waals surface area contributed by atoms with E-state index in [0.29, 0.717) is 12.5 Å². The van der Waals surface area contributed by atoms with Crippen molar-refractivity contribution in [3.63, 3.8) is 0 Å². The molecule has 3 nitrogen and oxygen atoms in total. The first-order valence-corrected chi connectivity index (χ1v) is 5.89. The highest BCUT2D eigenvalue weighted by molar-refractivity contribution is 5.81. The summed E-state index contributed by atoms with van der Waals surface area (Å²) >= 11 is 0. The molecule has 15 heavy (non-hydrogen) atoms. The monoisotopic (exact) mass is 214 g/mol. The largest absolute Gasteiger partial charge is 0.354 e. The van der Waals surface area contributed by atoms with Crippen LogP contribution in [-0.2, 0) is 4.79 Å². The van der Waals surface area contributed by atoms with Gasteiger partial charge in [0.2, 0.25) is 5.91 Å². The van der Waals surface area contributed by atoms with Gasteiger partial charge in [0.05, 0.1) is 0 Å². The van der Waals surface area contributed by atoms with Crippen LogP contribution in [0, 0.1) is 11.3 Å². The van der Waals surface area contributed by atoms with E-state index >= 15 is 0 Å². The van der Waals surface area contributed by atoms with E-state index in [-0.39, 0.29) is 11.3 Å². The number of hydrogen-bond acceptors (Lipinski definition) is 2. The predicted octanol–water partition coefficient (Wildman–Crippen LogP) is 1.78. The van der Waals surface area contributed by atoms with Gasteiger partial charge in [-0.1, -0.05) is 34.6 Å². The Hall–Kier alpha value is -0.570. The number of nitrogens with one attached hydrogen (secondary N) is 2. The van der Waals surface area contributed by atoms with Gasteiger partial charge in [-0.15, -0.1) is 0 Å². The number of carbonyl (C=O) groups is 1. The van der Waals surface area contributed by atoms with Crippen LogP contribution in [0.4, 0.5) is 0 Å². The Balaban J connectivity index is 3.86. The van der Waals surface area contributed by atoms with Gasteiger partial charge in [0.1, 0.15) is 0 Å².